The van der Waals surface area contributed by atoms with E-state index in [1.165, 1.54) is 111 Å². The molecule has 0 saturated carbocycles. The zero-order valence-electron chi connectivity index (χ0n) is 47.7. The maximum atomic E-state index is 4.53. The Labute approximate surface area is 487 Å². The van der Waals surface area contributed by atoms with Gasteiger partial charge in [-0.05, 0) is 183 Å². The first-order chi connectivity index (χ1) is 40.4. The molecule has 0 fully saturated rings. The molecular formula is C79H62N4. The fourth-order valence-electron chi connectivity index (χ4n) is 13.8. The van der Waals surface area contributed by atoms with Gasteiger partial charge in [0.2, 0.25) is 0 Å². The van der Waals surface area contributed by atoms with Crippen LogP contribution in [-0.4, -0.2) is 9.97 Å². The molecule has 0 saturated heterocycles. The third kappa shape index (κ3) is 8.34. The van der Waals surface area contributed by atoms with E-state index in [2.05, 4.69) is 292 Å². The lowest BCUT2D eigenvalue weighted by atomic mass is 9.81. The summed E-state index contributed by atoms with van der Waals surface area (Å²) in [7, 11) is 0. The summed E-state index contributed by atoms with van der Waals surface area (Å²) >= 11 is 0. The molecule has 2 heterocycles. The van der Waals surface area contributed by atoms with Crippen LogP contribution in [0.25, 0.3) is 79.2 Å². The molecule has 12 aromatic rings. The topological polar surface area (TPSA) is 32.3 Å². The maximum absolute atomic E-state index is 4.53. The van der Waals surface area contributed by atoms with Crippen LogP contribution in [-0.2, 0) is 16.2 Å². The molecule has 0 N–H and O–H groups in total. The van der Waals surface area contributed by atoms with E-state index >= 15 is 0 Å². The summed E-state index contributed by atoms with van der Waals surface area (Å²) < 4.78 is 0. The summed E-state index contributed by atoms with van der Waals surface area (Å²) in [6.45, 7) is 14.2. The number of hydrogen-bond donors (Lipinski definition) is 0. The quantitative estimate of drug-likeness (QED) is 0.128. The van der Waals surface area contributed by atoms with E-state index in [0.717, 1.165) is 34.1 Å². The average Bonchev–Trinajstić information content (AvgIpc) is 4.02. The molecule has 4 heteroatoms. The Morgan fingerprint density at radius 2 is 0.554 bits per heavy atom. The van der Waals surface area contributed by atoms with Crippen molar-refractivity contribution in [3.8, 4) is 33.4 Å². The minimum atomic E-state index is -0.202. The van der Waals surface area contributed by atoms with Crippen molar-refractivity contribution in [1.82, 2.24) is 9.97 Å². The molecule has 0 bridgehead atoms. The normalized spacial score (nSPS) is 14.6. The van der Waals surface area contributed by atoms with Crippen molar-refractivity contribution >= 4 is 80.0 Å². The van der Waals surface area contributed by atoms with E-state index in [1.807, 2.05) is 36.9 Å². The van der Waals surface area contributed by atoms with Crippen LogP contribution in [0, 0.1) is 0 Å². The third-order valence-corrected chi connectivity index (χ3v) is 18.3. The van der Waals surface area contributed by atoms with Gasteiger partial charge in [0.05, 0.1) is 23.8 Å². The van der Waals surface area contributed by atoms with Crippen LogP contribution in [0.3, 0.4) is 0 Å². The van der Waals surface area contributed by atoms with Crippen molar-refractivity contribution < 1.29 is 0 Å². The SMILES string of the molecule is CC1(C)c2cc(/C=C/c3ccc4c(c3)C(C)(C)c3cc(N(c5cccnc5)c5ccc6ccccc6c5)ccc3-4)ccc2-c2ccc(/C=C/c3ccc4c(c3)C(C)(C)c3cc(N(c5cccnc5)c5ccc6ccccc6c5)ccc3-4)cc21. The lowest BCUT2D eigenvalue weighted by Gasteiger charge is -2.28. The highest BCUT2D eigenvalue weighted by Gasteiger charge is 2.39. The van der Waals surface area contributed by atoms with Gasteiger partial charge in [-0.25, -0.2) is 0 Å². The highest BCUT2D eigenvalue weighted by atomic mass is 15.2. The third-order valence-electron chi connectivity index (χ3n) is 18.3. The molecule has 3 aliphatic rings. The molecule has 0 spiro atoms. The molecular weight excluding hydrogens is 1000 g/mol. The van der Waals surface area contributed by atoms with Gasteiger partial charge in [0.1, 0.15) is 0 Å². The van der Waals surface area contributed by atoms with E-state index < -0.39 is 0 Å². The van der Waals surface area contributed by atoms with Crippen molar-refractivity contribution in [3.05, 3.63) is 299 Å². The predicted molar refractivity (Wildman–Crippen MR) is 350 cm³/mol. The first-order valence-electron chi connectivity index (χ1n) is 29.0. The molecule has 10 aromatic carbocycles. The van der Waals surface area contributed by atoms with Gasteiger partial charge in [0, 0.05) is 51.4 Å². The smallest absolute Gasteiger partial charge is 0.0644 e. The number of nitrogens with zero attached hydrogens (tertiary/aromatic N) is 4. The zero-order chi connectivity index (χ0) is 56.2. The molecule has 83 heavy (non-hydrogen) atoms. The van der Waals surface area contributed by atoms with Gasteiger partial charge in [0.15, 0.2) is 0 Å². The Hall–Kier alpha value is -9.90. The van der Waals surface area contributed by atoms with E-state index in [1.54, 1.807) is 0 Å². The summed E-state index contributed by atoms with van der Waals surface area (Å²) in [6, 6.07) is 80.8. The summed E-state index contributed by atoms with van der Waals surface area (Å²) in [5.41, 5.74) is 26.7. The summed E-state index contributed by atoms with van der Waals surface area (Å²) in [6.07, 6.45) is 16.7. The molecule has 15 rings (SSSR count). The minimum Gasteiger partial charge on any atom is -0.309 e. The van der Waals surface area contributed by atoms with Gasteiger partial charge in [-0.1, -0.05) is 211 Å². The fraction of sp³-hybridized carbons (Fsp3) is 0.114. The predicted octanol–water partition coefficient (Wildman–Crippen LogP) is 21.0. The fourth-order valence-corrected chi connectivity index (χ4v) is 13.8. The molecule has 0 unspecified atom stereocenters. The van der Waals surface area contributed by atoms with Crippen LogP contribution >= 0.6 is 0 Å². The largest absolute Gasteiger partial charge is 0.309 e. The van der Waals surface area contributed by atoms with E-state index in [9.17, 15) is 0 Å². The number of fused-ring (bicyclic) bond motifs is 11. The first kappa shape index (κ1) is 50.1. The van der Waals surface area contributed by atoms with Crippen LogP contribution in [0.2, 0.25) is 0 Å². The molecule has 3 aliphatic carbocycles. The highest BCUT2D eigenvalue weighted by molar-refractivity contribution is 5.94. The number of hydrogen-bond acceptors (Lipinski definition) is 4. The second-order valence-corrected chi connectivity index (χ2v) is 24.4. The summed E-state index contributed by atoms with van der Waals surface area (Å²) in [4.78, 5) is 13.7. The van der Waals surface area contributed by atoms with Gasteiger partial charge >= 0.3 is 0 Å². The number of aromatic nitrogens is 2. The van der Waals surface area contributed by atoms with Gasteiger partial charge in [-0.2, -0.15) is 0 Å². The molecule has 0 aliphatic heterocycles. The number of pyridine rings is 2. The van der Waals surface area contributed by atoms with E-state index in [4.69, 9.17) is 0 Å². The second kappa shape index (κ2) is 19.1. The van der Waals surface area contributed by atoms with Gasteiger partial charge in [-0.15, -0.1) is 0 Å². The number of benzene rings is 10. The molecule has 0 atom stereocenters. The Morgan fingerprint density at radius 3 is 0.880 bits per heavy atom. The van der Waals surface area contributed by atoms with Gasteiger partial charge in [-0.3, -0.25) is 9.97 Å². The summed E-state index contributed by atoms with van der Waals surface area (Å²) in [5.74, 6) is 0. The van der Waals surface area contributed by atoms with Crippen LogP contribution in [0.1, 0.15) is 97.2 Å². The average molecular weight is 1070 g/mol. The maximum Gasteiger partial charge on any atom is 0.0644 e. The minimum absolute atomic E-state index is 0.162. The van der Waals surface area contributed by atoms with Gasteiger partial charge < -0.3 is 9.80 Å². The van der Waals surface area contributed by atoms with Gasteiger partial charge in [0.25, 0.3) is 0 Å². The molecule has 4 nitrogen and oxygen atoms in total. The Morgan fingerprint density at radius 1 is 0.265 bits per heavy atom. The molecule has 2 aromatic heterocycles. The zero-order valence-corrected chi connectivity index (χ0v) is 47.7. The Balaban J connectivity index is 0.665. The second-order valence-electron chi connectivity index (χ2n) is 24.4. The summed E-state index contributed by atoms with van der Waals surface area (Å²) in [5, 5.41) is 4.87. The monoisotopic (exact) mass is 1070 g/mol. The highest BCUT2D eigenvalue weighted by Crippen LogP contribution is 2.54. The standard InChI is InChI=1S/C79H62N4/c1-77(2)71-41-51(19-21-53-25-35-67-69-37-31-61(47-75(69)78(3,4)73(67)43-53)82(63-17-11-39-80-49-63)59-29-27-55-13-7-9-15-57(55)45-59)23-33-65(71)66-34-24-52(42-72(66)77)20-22-54-26-36-68-70-38-32-62(48-76(70)79(5,6)74(68)44-54)83(64-18-12-40-81-50-64)60-30-28-56-14-8-10-16-58(56)46-60/h7-50H,1-6H3/b21-19+,22-20+. The van der Waals surface area contributed by atoms with Crippen molar-refractivity contribution in [2.24, 2.45) is 0 Å². The van der Waals surface area contributed by atoms with Crippen LogP contribution in [0.5, 0.6) is 0 Å². The van der Waals surface area contributed by atoms with E-state index in [0.29, 0.717) is 0 Å². The lowest BCUT2D eigenvalue weighted by Crippen LogP contribution is -2.16. The Kier molecular flexibility index (Phi) is 11.5. The molecule has 0 amide bonds. The van der Waals surface area contributed by atoms with Crippen LogP contribution < -0.4 is 9.80 Å². The Bertz CT molecular complexity index is 4360. The van der Waals surface area contributed by atoms with E-state index in [-0.39, 0.29) is 16.2 Å². The van der Waals surface area contributed by atoms with Crippen LogP contribution in [0.4, 0.5) is 34.1 Å². The molecule has 398 valence electrons. The van der Waals surface area contributed by atoms with Crippen molar-refractivity contribution in [2.75, 3.05) is 9.80 Å². The van der Waals surface area contributed by atoms with Crippen molar-refractivity contribution in [1.29, 1.82) is 0 Å². The number of anilines is 6. The van der Waals surface area contributed by atoms with Crippen LogP contribution in [0.15, 0.2) is 243 Å². The lowest BCUT2D eigenvalue weighted by molar-refractivity contribution is 0.660. The first-order valence-corrected chi connectivity index (χ1v) is 29.0. The van der Waals surface area contributed by atoms with Crippen molar-refractivity contribution in [2.45, 2.75) is 57.8 Å². The number of rotatable bonds is 10. The molecule has 0 radical (unpaired) electrons. The van der Waals surface area contributed by atoms with Crippen molar-refractivity contribution in [3.63, 3.8) is 0 Å².